The standard InChI is InChI=1S/C12H13N5O2/c13-11-15-9-8(10(19)16-11)14-5-17(9)7-1-2-12(4-18)3-6(7)12/h1-2,5-7,18H,3-4H2,(H3,13,15,16,19)/t6-,7+,12-/m0/s1. The molecule has 0 unspecified atom stereocenters. The summed E-state index contributed by atoms with van der Waals surface area (Å²) >= 11 is 0. The number of hydrogen-bond donors (Lipinski definition) is 3. The Hall–Kier alpha value is -2.15. The SMILES string of the molecule is Nc1nc2c(ncn2[C@@H]2C=C[C@@]3(CO)C[C@@H]23)c(=O)[nH]1. The van der Waals surface area contributed by atoms with Crippen molar-refractivity contribution < 1.29 is 5.11 Å². The van der Waals surface area contributed by atoms with Crippen LogP contribution in [0.1, 0.15) is 12.5 Å². The molecule has 1 saturated carbocycles. The average Bonchev–Trinajstić information content (AvgIpc) is 2.76. The smallest absolute Gasteiger partial charge is 0.280 e. The molecule has 0 aliphatic heterocycles. The van der Waals surface area contributed by atoms with Crippen molar-refractivity contribution in [2.24, 2.45) is 11.3 Å². The largest absolute Gasteiger partial charge is 0.395 e. The van der Waals surface area contributed by atoms with E-state index in [1.807, 2.05) is 10.6 Å². The molecule has 2 aliphatic rings. The molecule has 7 heteroatoms. The number of aromatic nitrogens is 4. The molecule has 1 fully saturated rings. The van der Waals surface area contributed by atoms with Crippen LogP contribution in [-0.2, 0) is 0 Å². The molecule has 4 rings (SSSR count). The quantitative estimate of drug-likeness (QED) is 0.647. The van der Waals surface area contributed by atoms with Gasteiger partial charge in [0.1, 0.15) is 0 Å². The van der Waals surface area contributed by atoms with Crippen LogP contribution in [0.5, 0.6) is 0 Å². The Morgan fingerprint density at radius 3 is 3.16 bits per heavy atom. The number of nitrogens with one attached hydrogen (secondary N) is 1. The highest BCUT2D eigenvalue weighted by molar-refractivity contribution is 5.71. The minimum Gasteiger partial charge on any atom is -0.395 e. The van der Waals surface area contributed by atoms with E-state index in [2.05, 4.69) is 21.0 Å². The molecule has 19 heavy (non-hydrogen) atoms. The molecule has 0 amide bonds. The average molecular weight is 259 g/mol. The Kier molecular flexibility index (Phi) is 1.83. The maximum atomic E-state index is 11.7. The lowest BCUT2D eigenvalue weighted by Gasteiger charge is -2.12. The minimum absolute atomic E-state index is 0.0754. The molecule has 0 aromatic carbocycles. The van der Waals surface area contributed by atoms with Crippen molar-refractivity contribution in [3.05, 3.63) is 28.8 Å². The van der Waals surface area contributed by atoms with Crippen LogP contribution >= 0.6 is 0 Å². The number of H-pyrrole nitrogens is 1. The van der Waals surface area contributed by atoms with E-state index in [1.54, 1.807) is 6.33 Å². The Labute approximate surface area is 107 Å². The molecule has 0 saturated heterocycles. The lowest BCUT2D eigenvalue weighted by molar-refractivity contribution is 0.230. The van der Waals surface area contributed by atoms with E-state index < -0.39 is 0 Å². The Morgan fingerprint density at radius 2 is 2.47 bits per heavy atom. The zero-order chi connectivity index (χ0) is 13.2. The first-order valence-electron chi connectivity index (χ1n) is 6.17. The van der Waals surface area contributed by atoms with Gasteiger partial charge in [-0.05, 0) is 12.3 Å². The summed E-state index contributed by atoms with van der Waals surface area (Å²) in [6.07, 6.45) is 6.69. The number of aliphatic hydroxyl groups excluding tert-OH is 1. The van der Waals surface area contributed by atoms with Gasteiger partial charge < -0.3 is 15.4 Å². The van der Waals surface area contributed by atoms with Crippen LogP contribution in [0.2, 0.25) is 0 Å². The number of aromatic amines is 1. The molecule has 2 aromatic rings. The number of nitrogens with zero attached hydrogens (tertiary/aromatic N) is 3. The van der Waals surface area contributed by atoms with Crippen LogP contribution in [-0.4, -0.2) is 31.2 Å². The molecular weight excluding hydrogens is 246 g/mol. The van der Waals surface area contributed by atoms with Crippen LogP contribution in [0.25, 0.3) is 11.2 Å². The third-order valence-corrected chi connectivity index (χ3v) is 4.28. The van der Waals surface area contributed by atoms with Crippen LogP contribution in [0, 0.1) is 11.3 Å². The van der Waals surface area contributed by atoms with E-state index in [0.717, 1.165) is 6.42 Å². The number of rotatable bonds is 2. The molecule has 0 spiro atoms. The van der Waals surface area contributed by atoms with Gasteiger partial charge in [0.25, 0.3) is 5.56 Å². The van der Waals surface area contributed by atoms with Gasteiger partial charge in [0, 0.05) is 5.41 Å². The molecule has 98 valence electrons. The van der Waals surface area contributed by atoms with E-state index in [-0.39, 0.29) is 29.6 Å². The topological polar surface area (TPSA) is 110 Å². The Balaban J connectivity index is 1.86. The van der Waals surface area contributed by atoms with Crippen LogP contribution < -0.4 is 11.3 Å². The lowest BCUT2D eigenvalue weighted by Crippen LogP contribution is -2.14. The predicted molar refractivity (Wildman–Crippen MR) is 68.4 cm³/mol. The number of aliphatic hydroxyl groups is 1. The van der Waals surface area contributed by atoms with Crippen molar-refractivity contribution in [1.82, 2.24) is 19.5 Å². The maximum absolute atomic E-state index is 11.7. The third kappa shape index (κ3) is 1.27. The monoisotopic (exact) mass is 259 g/mol. The lowest BCUT2D eigenvalue weighted by atomic mass is 10.1. The molecular formula is C12H13N5O2. The normalized spacial score (nSPS) is 31.8. The molecule has 2 heterocycles. The fraction of sp³-hybridized carbons (Fsp3) is 0.417. The van der Waals surface area contributed by atoms with Gasteiger partial charge in [-0.2, -0.15) is 4.98 Å². The zero-order valence-corrected chi connectivity index (χ0v) is 10.1. The number of nitrogens with two attached hydrogens (primary N) is 1. The van der Waals surface area contributed by atoms with Crippen LogP contribution in [0.3, 0.4) is 0 Å². The Morgan fingerprint density at radius 1 is 1.63 bits per heavy atom. The van der Waals surface area contributed by atoms with Gasteiger partial charge in [-0.3, -0.25) is 9.78 Å². The van der Waals surface area contributed by atoms with E-state index in [4.69, 9.17) is 5.73 Å². The van der Waals surface area contributed by atoms with E-state index in [9.17, 15) is 9.90 Å². The minimum atomic E-state index is -0.326. The number of imidazole rings is 1. The van der Waals surface area contributed by atoms with E-state index >= 15 is 0 Å². The molecule has 2 aromatic heterocycles. The summed E-state index contributed by atoms with van der Waals surface area (Å²) < 4.78 is 1.87. The van der Waals surface area contributed by atoms with Crippen LogP contribution in [0.4, 0.5) is 5.95 Å². The van der Waals surface area contributed by atoms with E-state index in [0.29, 0.717) is 17.1 Å². The summed E-state index contributed by atoms with van der Waals surface area (Å²) in [6, 6.07) is 0.0887. The highest BCUT2D eigenvalue weighted by atomic mass is 16.3. The first-order chi connectivity index (χ1) is 9.14. The van der Waals surface area contributed by atoms with Gasteiger partial charge in [-0.15, -0.1) is 0 Å². The van der Waals surface area contributed by atoms with Gasteiger partial charge in [-0.1, -0.05) is 12.2 Å². The molecule has 7 nitrogen and oxygen atoms in total. The van der Waals surface area contributed by atoms with Crippen molar-refractivity contribution in [2.75, 3.05) is 12.3 Å². The third-order valence-electron chi connectivity index (χ3n) is 4.28. The summed E-state index contributed by atoms with van der Waals surface area (Å²) in [7, 11) is 0. The summed E-state index contributed by atoms with van der Waals surface area (Å²) in [6.45, 7) is 0.160. The highest BCUT2D eigenvalue weighted by Gasteiger charge is 2.59. The van der Waals surface area contributed by atoms with Gasteiger partial charge in [0.15, 0.2) is 11.2 Å². The molecule has 3 atom stereocenters. The van der Waals surface area contributed by atoms with Gasteiger partial charge in [-0.25, -0.2) is 4.98 Å². The first kappa shape index (κ1) is 10.7. The number of hydrogen-bond acceptors (Lipinski definition) is 5. The van der Waals surface area contributed by atoms with Gasteiger partial charge in [0.05, 0.1) is 19.0 Å². The maximum Gasteiger partial charge on any atom is 0.280 e. The second-order valence-electron chi connectivity index (χ2n) is 5.33. The first-order valence-corrected chi connectivity index (χ1v) is 6.17. The van der Waals surface area contributed by atoms with Crippen LogP contribution in [0.15, 0.2) is 23.3 Å². The zero-order valence-electron chi connectivity index (χ0n) is 10.1. The second kappa shape index (κ2) is 3.24. The fourth-order valence-electron chi connectivity index (χ4n) is 3.11. The van der Waals surface area contributed by atoms with Crippen molar-refractivity contribution in [2.45, 2.75) is 12.5 Å². The highest BCUT2D eigenvalue weighted by Crippen LogP contribution is 2.63. The predicted octanol–water partition coefficient (Wildman–Crippen LogP) is -0.189. The van der Waals surface area contributed by atoms with Crippen molar-refractivity contribution in [3.63, 3.8) is 0 Å². The van der Waals surface area contributed by atoms with Crippen molar-refractivity contribution in [3.8, 4) is 0 Å². The van der Waals surface area contributed by atoms with Crippen molar-refractivity contribution in [1.29, 1.82) is 0 Å². The number of anilines is 1. The van der Waals surface area contributed by atoms with Crippen molar-refractivity contribution >= 4 is 17.1 Å². The number of nitrogen functional groups attached to an aromatic ring is 1. The number of fused-ring (bicyclic) bond motifs is 2. The molecule has 4 N–H and O–H groups in total. The summed E-state index contributed by atoms with van der Waals surface area (Å²) in [5, 5.41) is 9.42. The Bertz CT molecular complexity index is 761. The number of allylic oxidation sites excluding steroid dienone is 1. The summed E-state index contributed by atoms with van der Waals surface area (Å²) in [5.41, 5.74) is 5.97. The second-order valence-corrected chi connectivity index (χ2v) is 5.33. The molecule has 0 bridgehead atoms. The summed E-state index contributed by atoms with van der Waals surface area (Å²) in [4.78, 5) is 22.4. The van der Waals surface area contributed by atoms with E-state index in [1.165, 1.54) is 0 Å². The van der Waals surface area contributed by atoms with Gasteiger partial charge >= 0.3 is 0 Å². The van der Waals surface area contributed by atoms with Gasteiger partial charge in [0.2, 0.25) is 5.95 Å². The fourth-order valence-corrected chi connectivity index (χ4v) is 3.11. The summed E-state index contributed by atoms with van der Waals surface area (Å²) in [5.74, 6) is 0.447. The molecule has 2 aliphatic carbocycles. The molecule has 0 radical (unpaired) electrons.